The molecule has 2 saturated heterocycles. The van der Waals surface area contributed by atoms with Crippen LogP contribution in [0.5, 0.6) is 11.5 Å². The van der Waals surface area contributed by atoms with Crippen LogP contribution in [0.3, 0.4) is 0 Å². The number of fused-ring (bicyclic) bond motifs is 2. The molecule has 3 heterocycles. The lowest BCUT2D eigenvalue weighted by molar-refractivity contribution is 0.0194. The topological polar surface area (TPSA) is 118 Å². The first-order valence-electron chi connectivity index (χ1n) is 10.5. The molecule has 2 fully saturated rings. The van der Waals surface area contributed by atoms with E-state index in [-0.39, 0.29) is 13.2 Å². The quantitative estimate of drug-likeness (QED) is 0.411. The van der Waals surface area contributed by atoms with E-state index < -0.39 is 34.5 Å². The van der Waals surface area contributed by atoms with Crippen molar-refractivity contribution in [2.24, 2.45) is 0 Å². The zero-order valence-corrected chi connectivity index (χ0v) is 21.8. The van der Waals surface area contributed by atoms with Crippen molar-refractivity contribution in [3.05, 3.63) is 46.2 Å². The first-order valence-corrected chi connectivity index (χ1v) is 13.5. The van der Waals surface area contributed by atoms with E-state index in [1.807, 2.05) is 12.1 Å². The van der Waals surface area contributed by atoms with E-state index >= 15 is 0 Å². The van der Waals surface area contributed by atoms with Crippen molar-refractivity contribution in [2.45, 2.75) is 24.4 Å². The summed E-state index contributed by atoms with van der Waals surface area (Å²) in [6.45, 7) is 0.306. The number of ether oxygens (including phenoxy) is 4. The second-order valence-corrected chi connectivity index (χ2v) is 10.9. The van der Waals surface area contributed by atoms with Gasteiger partial charge in [0.15, 0.2) is 17.6 Å². The van der Waals surface area contributed by atoms with Crippen molar-refractivity contribution < 1.29 is 31.5 Å². The van der Waals surface area contributed by atoms with Crippen molar-refractivity contribution in [1.82, 2.24) is 9.97 Å². The summed E-state index contributed by atoms with van der Waals surface area (Å²) in [5.41, 5.74) is 1.39. The van der Waals surface area contributed by atoms with Crippen LogP contribution in [0.2, 0.25) is 5.02 Å². The molecule has 5 rings (SSSR count). The number of methoxy groups -OCH3 is 1. The molecule has 4 atom stereocenters. The fourth-order valence-corrected chi connectivity index (χ4v) is 5.17. The van der Waals surface area contributed by atoms with E-state index in [0.717, 1.165) is 21.8 Å². The van der Waals surface area contributed by atoms with Gasteiger partial charge in [0.1, 0.15) is 30.5 Å². The molecular weight excluding hydrogens is 566 g/mol. The van der Waals surface area contributed by atoms with Gasteiger partial charge in [-0.05, 0) is 40.2 Å². The van der Waals surface area contributed by atoms with Crippen LogP contribution in [0.4, 0.5) is 11.5 Å². The highest BCUT2D eigenvalue weighted by atomic mass is 79.9. The molecule has 0 saturated carbocycles. The maximum Gasteiger partial charge on any atom is 0.264 e. The van der Waals surface area contributed by atoms with E-state index in [0.29, 0.717) is 27.9 Å². The van der Waals surface area contributed by atoms with Gasteiger partial charge < -0.3 is 24.3 Å². The number of halogens is 2. The van der Waals surface area contributed by atoms with E-state index in [1.165, 1.54) is 13.4 Å². The van der Waals surface area contributed by atoms with Crippen LogP contribution in [0.15, 0.2) is 41.1 Å². The van der Waals surface area contributed by atoms with Gasteiger partial charge in [-0.2, -0.15) is 8.42 Å². The summed E-state index contributed by atoms with van der Waals surface area (Å²) in [6.07, 6.45) is 0.228. The summed E-state index contributed by atoms with van der Waals surface area (Å²) >= 11 is 9.60. The summed E-state index contributed by atoms with van der Waals surface area (Å²) < 4.78 is 52.2. The van der Waals surface area contributed by atoms with Crippen molar-refractivity contribution in [1.29, 1.82) is 0 Å². The third kappa shape index (κ3) is 5.18. The number of hydrogen-bond donors (Lipinski definition) is 1. The molecule has 3 aromatic rings. The minimum absolute atomic E-state index is 0.0967. The molecule has 35 heavy (non-hydrogen) atoms. The Balaban J connectivity index is 1.39. The van der Waals surface area contributed by atoms with Crippen LogP contribution in [-0.2, 0) is 23.8 Å². The van der Waals surface area contributed by atoms with Crippen LogP contribution >= 0.6 is 27.5 Å². The Hall–Kier alpha value is -2.22. The predicted octanol–water partition coefficient (Wildman–Crippen LogP) is 3.69. The highest BCUT2D eigenvalue weighted by Crippen LogP contribution is 2.38. The van der Waals surface area contributed by atoms with Gasteiger partial charge in [-0.15, -0.1) is 0 Å². The number of benzene rings is 2. The zero-order valence-electron chi connectivity index (χ0n) is 18.6. The average molecular weight is 587 g/mol. The number of hydrogen-bond acceptors (Lipinski definition) is 10. The normalized spacial score (nSPS) is 23.9. The van der Waals surface area contributed by atoms with E-state index in [1.54, 1.807) is 18.2 Å². The second-order valence-electron chi connectivity index (χ2n) is 8.09. The third-order valence-corrected chi connectivity index (χ3v) is 7.47. The summed E-state index contributed by atoms with van der Waals surface area (Å²) in [5.74, 6) is 1.48. The Morgan fingerprint density at radius 2 is 1.83 bits per heavy atom. The summed E-state index contributed by atoms with van der Waals surface area (Å²) in [7, 11) is -2.10. The molecule has 0 aliphatic carbocycles. The third-order valence-electron chi connectivity index (χ3n) is 5.64. The molecule has 0 amide bonds. The van der Waals surface area contributed by atoms with Gasteiger partial charge >= 0.3 is 0 Å². The fourth-order valence-electron chi connectivity index (χ4n) is 4.13. The Morgan fingerprint density at radius 3 is 2.54 bits per heavy atom. The lowest BCUT2D eigenvalue weighted by atomic mass is 10.1. The molecular formula is C22H21BrClN3O7S. The van der Waals surface area contributed by atoms with Gasteiger partial charge in [-0.3, -0.25) is 4.18 Å². The largest absolute Gasteiger partial charge is 0.493 e. The highest BCUT2D eigenvalue weighted by Gasteiger charge is 2.50. The monoisotopic (exact) mass is 585 g/mol. The Morgan fingerprint density at radius 1 is 1.09 bits per heavy atom. The smallest absolute Gasteiger partial charge is 0.264 e. The maximum absolute atomic E-state index is 11.5. The van der Waals surface area contributed by atoms with Crippen molar-refractivity contribution in [2.75, 3.05) is 31.9 Å². The number of nitrogens with zero attached hydrogens (tertiary/aromatic N) is 2. The lowest BCUT2D eigenvalue weighted by Crippen LogP contribution is -2.36. The average Bonchev–Trinajstić information content (AvgIpc) is 3.38. The first kappa shape index (κ1) is 24.5. The number of aromatic nitrogens is 2. The molecule has 2 aliphatic rings. The second kappa shape index (κ2) is 9.68. The van der Waals surface area contributed by atoms with Crippen molar-refractivity contribution in [3.8, 4) is 11.5 Å². The summed E-state index contributed by atoms with van der Waals surface area (Å²) in [5, 5.41) is 4.54. The Bertz CT molecular complexity index is 1380. The molecule has 10 nitrogen and oxygen atoms in total. The summed E-state index contributed by atoms with van der Waals surface area (Å²) in [6, 6.07) is 9.03. The van der Waals surface area contributed by atoms with E-state index in [2.05, 4.69) is 31.2 Å². The van der Waals surface area contributed by atoms with Gasteiger partial charge in [-0.1, -0.05) is 11.6 Å². The van der Waals surface area contributed by atoms with Crippen LogP contribution in [0.1, 0.15) is 0 Å². The zero-order chi connectivity index (χ0) is 24.7. The van der Waals surface area contributed by atoms with Gasteiger partial charge in [0.05, 0.1) is 37.1 Å². The van der Waals surface area contributed by atoms with Crippen molar-refractivity contribution >= 4 is 60.1 Å². The number of anilines is 2. The molecule has 13 heteroatoms. The van der Waals surface area contributed by atoms with E-state index in [9.17, 15) is 8.42 Å². The Kier molecular flexibility index (Phi) is 6.77. The number of rotatable bonds is 7. The van der Waals surface area contributed by atoms with Crippen LogP contribution in [0, 0.1) is 0 Å². The SMILES string of the molecule is COc1cc2c(Nc3ccc(Br)c(Cl)c3)ncnc2cc1O[C@@H]1CO[C@H]2[C@@H]1OC[C@@H]2OS(C)(=O)=O. The molecule has 1 N–H and O–H groups in total. The Labute approximate surface area is 215 Å². The summed E-state index contributed by atoms with van der Waals surface area (Å²) in [4.78, 5) is 8.74. The molecule has 2 aromatic carbocycles. The minimum atomic E-state index is -3.64. The van der Waals surface area contributed by atoms with Crippen molar-refractivity contribution in [3.63, 3.8) is 0 Å². The van der Waals surface area contributed by atoms with Crippen LogP contribution in [-0.4, -0.2) is 69.4 Å². The minimum Gasteiger partial charge on any atom is -0.493 e. The van der Waals surface area contributed by atoms with E-state index in [4.69, 9.17) is 34.7 Å². The van der Waals surface area contributed by atoms with Crippen LogP contribution < -0.4 is 14.8 Å². The van der Waals surface area contributed by atoms with Gasteiger partial charge in [0.2, 0.25) is 0 Å². The predicted molar refractivity (Wildman–Crippen MR) is 132 cm³/mol. The molecule has 1 aromatic heterocycles. The lowest BCUT2D eigenvalue weighted by Gasteiger charge is -2.20. The fraction of sp³-hybridized carbons (Fsp3) is 0.364. The van der Waals surface area contributed by atoms with Gasteiger partial charge in [0, 0.05) is 21.6 Å². The standard InChI is InChI=1S/C22H21BrClN3O7S/c1-30-16-6-12-15(25-10-26-22(12)27-11-3-4-13(23)14(24)5-11)7-17(16)33-18-8-31-21-19(9-32-20(18)21)34-35(2,28)29/h3-7,10,18-21H,8-9H2,1-2H3,(H,25,26,27)/t18-,19+,20-,21-/m1/s1. The molecule has 2 aliphatic heterocycles. The van der Waals surface area contributed by atoms with Gasteiger partial charge in [-0.25, -0.2) is 9.97 Å². The molecule has 0 bridgehead atoms. The molecule has 0 spiro atoms. The molecule has 0 unspecified atom stereocenters. The molecule has 186 valence electrons. The van der Waals surface area contributed by atoms with Gasteiger partial charge in [0.25, 0.3) is 10.1 Å². The number of nitrogens with one attached hydrogen (secondary N) is 1. The van der Waals surface area contributed by atoms with Crippen LogP contribution in [0.25, 0.3) is 10.9 Å². The molecule has 0 radical (unpaired) electrons. The first-order chi connectivity index (χ1) is 16.7. The maximum atomic E-state index is 11.5. The highest BCUT2D eigenvalue weighted by molar-refractivity contribution is 9.10.